The second-order valence-electron chi connectivity index (χ2n) is 8.46. The van der Waals surface area contributed by atoms with Gasteiger partial charge in [-0.3, -0.25) is 9.69 Å². The van der Waals surface area contributed by atoms with Crippen molar-refractivity contribution in [2.45, 2.75) is 19.8 Å². The lowest BCUT2D eigenvalue weighted by atomic mass is 10.0. The van der Waals surface area contributed by atoms with Crippen LogP contribution in [-0.2, 0) is 0 Å². The molecule has 1 N–H and O–H groups in total. The molecule has 0 unspecified atom stereocenters. The molecule has 0 atom stereocenters. The highest BCUT2D eigenvalue weighted by Crippen LogP contribution is 2.30. The molecule has 0 aliphatic carbocycles. The van der Waals surface area contributed by atoms with E-state index in [1.54, 1.807) is 13.2 Å². The van der Waals surface area contributed by atoms with Gasteiger partial charge >= 0.3 is 0 Å². The van der Waals surface area contributed by atoms with Crippen molar-refractivity contribution in [2.24, 2.45) is 5.10 Å². The fourth-order valence-electron chi connectivity index (χ4n) is 4.24. The van der Waals surface area contributed by atoms with Crippen molar-refractivity contribution in [1.29, 1.82) is 0 Å². The van der Waals surface area contributed by atoms with Gasteiger partial charge in [-0.2, -0.15) is 5.10 Å². The van der Waals surface area contributed by atoms with Gasteiger partial charge in [0.15, 0.2) is 11.5 Å². The first-order valence-corrected chi connectivity index (χ1v) is 12.1. The van der Waals surface area contributed by atoms with E-state index in [0.717, 1.165) is 50.4 Å². The third-order valence-corrected chi connectivity index (χ3v) is 6.11. The summed E-state index contributed by atoms with van der Waals surface area (Å²) in [6.07, 6.45) is 1.44. The van der Waals surface area contributed by atoms with E-state index in [2.05, 4.69) is 15.3 Å². The van der Waals surface area contributed by atoms with E-state index in [-0.39, 0.29) is 5.56 Å². The number of hydrogen-bond acceptors (Lipinski definition) is 7. The predicted molar refractivity (Wildman–Crippen MR) is 132 cm³/mol. The molecule has 0 bridgehead atoms. The van der Waals surface area contributed by atoms with Crippen molar-refractivity contribution in [3.63, 3.8) is 0 Å². The molecule has 188 valence electrons. The van der Waals surface area contributed by atoms with Gasteiger partial charge < -0.3 is 19.5 Å². The Kier molecular flexibility index (Phi) is 8.54. The van der Waals surface area contributed by atoms with Crippen molar-refractivity contribution in [3.8, 4) is 17.2 Å². The van der Waals surface area contributed by atoms with Gasteiger partial charge in [0.05, 0.1) is 25.0 Å². The molecule has 0 aromatic heterocycles. The van der Waals surface area contributed by atoms with Gasteiger partial charge in [-0.15, -0.1) is 0 Å². The number of carbonyl (C=O) groups excluding carboxylic acids is 1. The molecule has 0 saturated carbocycles. The average Bonchev–Trinajstić information content (AvgIpc) is 2.89. The minimum atomic E-state index is -0.611. The number of rotatable bonds is 9. The quantitative estimate of drug-likeness (QED) is 0.589. The van der Waals surface area contributed by atoms with Crippen LogP contribution in [0.5, 0.6) is 17.2 Å². The van der Waals surface area contributed by atoms with Gasteiger partial charge in [0, 0.05) is 50.9 Å². The normalized spacial score (nSPS) is 16.5. The zero-order valence-corrected chi connectivity index (χ0v) is 20.4. The maximum atomic E-state index is 14.9. The highest BCUT2D eigenvalue weighted by atomic mass is 19.1. The van der Waals surface area contributed by atoms with Crippen LogP contribution in [0.15, 0.2) is 41.5 Å². The van der Waals surface area contributed by atoms with Crippen LogP contribution < -0.4 is 19.5 Å². The number of benzene rings is 2. The number of piperazine rings is 1. The van der Waals surface area contributed by atoms with Gasteiger partial charge in [0.1, 0.15) is 18.2 Å². The number of ether oxygens (including phenoxy) is 3. The summed E-state index contributed by atoms with van der Waals surface area (Å²) >= 11 is 0. The molecular formula is C26H33FN4O4. The first-order valence-electron chi connectivity index (χ1n) is 12.1. The third kappa shape index (κ3) is 6.29. The minimum Gasteiger partial charge on any atom is -0.493 e. The second-order valence-corrected chi connectivity index (χ2v) is 8.46. The van der Waals surface area contributed by atoms with Crippen molar-refractivity contribution < 1.29 is 23.4 Å². The number of methoxy groups -OCH3 is 1. The van der Waals surface area contributed by atoms with Crippen LogP contribution in [0.2, 0.25) is 0 Å². The summed E-state index contributed by atoms with van der Waals surface area (Å²) in [6.45, 7) is 7.99. The fraction of sp³-hybridized carbons (Fsp3) is 0.462. The standard InChI is InChI=1S/C26H33FN4O4/c1-3-34-25-17-19(6-9-24(25)33-2)23-5-4-12-31(29-23)26(32)21-8-7-20(18-22(21)27)35-16-15-30-13-10-28-11-14-30/h6-9,17-18,28H,3-5,10-16H2,1-2H3. The average molecular weight is 485 g/mol. The molecule has 35 heavy (non-hydrogen) atoms. The molecule has 8 nitrogen and oxygen atoms in total. The van der Waals surface area contributed by atoms with Crippen molar-refractivity contribution >= 4 is 11.6 Å². The SMILES string of the molecule is CCOc1cc(C2=NN(C(=O)c3ccc(OCCN4CCNCC4)cc3F)CCC2)ccc1OC. The topological polar surface area (TPSA) is 75.6 Å². The molecule has 0 radical (unpaired) electrons. The molecular weight excluding hydrogens is 451 g/mol. The van der Waals surface area contributed by atoms with Crippen LogP contribution in [0.3, 0.4) is 0 Å². The number of halogens is 1. The van der Waals surface area contributed by atoms with E-state index in [4.69, 9.17) is 14.2 Å². The van der Waals surface area contributed by atoms with Crippen LogP contribution in [0.4, 0.5) is 4.39 Å². The molecule has 2 aromatic carbocycles. The summed E-state index contributed by atoms with van der Waals surface area (Å²) in [5, 5.41) is 9.20. The number of nitrogens with one attached hydrogen (secondary N) is 1. The van der Waals surface area contributed by atoms with Crippen LogP contribution >= 0.6 is 0 Å². The Morgan fingerprint density at radius 1 is 1.09 bits per heavy atom. The van der Waals surface area contributed by atoms with E-state index in [0.29, 0.717) is 43.4 Å². The summed E-state index contributed by atoms with van der Waals surface area (Å²) in [4.78, 5) is 15.4. The minimum absolute atomic E-state index is 0.0193. The van der Waals surface area contributed by atoms with E-state index in [1.807, 2.05) is 25.1 Å². The Balaban J connectivity index is 1.42. The number of nitrogens with zero attached hydrogens (tertiary/aromatic N) is 3. The highest BCUT2D eigenvalue weighted by Gasteiger charge is 2.24. The Hall–Kier alpha value is -3.17. The summed E-state index contributed by atoms with van der Waals surface area (Å²) in [5.74, 6) is 0.596. The molecule has 1 fully saturated rings. The molecule has 0 spiro atoms. The van der Waals surface area contributed by atoms with Crippen molar-refractivity contribution in [3.05, 3.63) is 53.3 Å². The van der Waals surface area contributed by atoms with Gasteiger partial charge in [-0.1, -0.05) is 0 Å². The van der Waals surface area contributed by atoms with Crippen LogP contribution in [0.25, 0.3) is 0 Å². The number of hydrogen-bond donors (Lipinski definition) is 1. The van der Waals surface area contributed by atoms with E-state index >= 15 is 0 Å². The van der Waals surface area contributed by atoms with Crippen LogP contribution in [0, 0.1) is 5.82 Å². The van der Waals surface area contributed by atoms with Crippen LogP contribution in [-0.4, -0.2) is 81.1 Å². The highest BCUT2D eigenvalue weighted by molar-refractivity contribution is 6.03. The summed E-state index contributed by atoms with van der Waals surface area (Å²) < 4.78 is 31.6. The molecule has 1 saturated heterocycles. The molecule has 2 aliphatic heterocycles. The van der Waals surface area contributed by atoms with Gasteiger partial charge in [0.2, 0.25) is 0 Å². The smallest absolute Gasteiger partial charge is 0.276 e. The zero-order chi connectivity index (χ0) is 24.6. The Labute approximate surface area is 205 Å². The van der Waals surface area contributed by atoms with Crippen molar-refractivity contribution in [1.82, 2.24) is 15.2 Å². The summed E-state index contributed by atoms with van der Waals surface area (Å²) in [6, 6.07) is 9.97. The number of amides is 1. The first-order chi connectivity index (χ1) is 17.1. The van der Waals surface area contributed by atoms with Gasteiger partial charge in [0.25, 0.3) is 5.91 Å². The predicted octanol–water partition coefficient (Wildman–Crippen LogP) is 3.16. The lowest BCUT2D eigenvalue weighted by Gasteiger charge is -2.27. The molecule has 2 aliphatic rings. The Bertz CT molecular complexity index is 1060. The lowest BCUT2D eigenvalue weighted by Crippen LogP contribution is -2.44. The van der Waals surface area contributed by atoms with Gasteiger partial charge in [-0.25, -0.2) is 9.40 Å². The van der Waals surface area contributed by atoms with E-state index in [1.165, 1.54) is 17.1 Å². The third-order valence-electron chi connectivity index (χ3n) is 6.11. The van der Waals surface area contributed by atoms with E-state index in [9.17, 15) is 9.18 Å². The maximum Gasteiger partial charge on any atom is 0.276 e. The fourth-order valence-corrected chi connectivity index (χ4v) is 4.24. The maximum absolute atomic E-state index is 14.9. The Morgan fingerprint density at radius 2 is 1.91 bits per heavy atom. The Morgan fingerprint density at radius 3 is 2.66 bits per heavy atom. The molecule has 1 amide bonds. The summed E-state index contributed by atoms with van der Waals surface area (Å²) in [7, 11) is 1.59. The first kappa shape index (κ1) is 24.9. The van der Waals surface area contributed by atoms with E-state index < -0.39 is 11.7 Å². The lowest BCUT2D eigenvalue weighted by molar-refractivity contribution is 0.0747. The number of carbonyl (C=O) groups is 1. The van der Waals surface area contributed by atoms with Gasteiger partial charge in [-0.05, 0) is 50.1 Å². The molecule has 9 heteroatoms. The van der Waals surface area contributed by atoms with Crippen molar-refractivity contribution in [2.75, 3.05) is 59.6 Å². The summed E-state index contributed by atoms with van der Waals surface area (Å²) in [5.41, 5.74) is 1.58. The molecule has 2 aromatic rings. The largest absolute Gasteiger partial charge is 0.493 e. The monoisotopic (exact) mass is 484 g/mol. The zero-order valence-electron chi connectivity index (χ0n) is 20.4. The number of hydrazone groups is 1. The van der Waals surface area contributed by atoms with Crippen LogP contribution in [0.1, 0.15) is 35.7 Å². The molecule has 2 heterocycles. The second kappa shape index (κ2) is 12.0. The molecule has 4 rings (SSSR count).